The Kier molecular flexibility index (Phi) is 5.64. The van der Waals surface area contributed by atoms with Crippen molar-refractivity contribution in [1.29, 1.82) is 5.26 Å². The van der Waals surface area contributed by atoms with Crippen molar-refractivity contribution in [2.24, 2.45) is 0 Å². The Hall–Kier alpha value is -1.53. The number of nitrogens with zero attached hydrogens (tertiary/aromatic N) is 1. The fourth-order valence-electron chi connectivity index (χ4n) is 2.13. The molecule has 0 bridgehead atoms. The summed E-state index contributed by atoms with van der Waals surface area (Å²) >= 11 is 12.0. The second-order valence-electron chi connectivity index (χ2n) is 4.92. The van der Waals surface area contributed by atoms with Crippen LogP contribution in [0, 0.1) is 18.3 Å². The number of nitriles is 1. The number of benzene rings is 2. The fraction of sp³-hybridized carbons (Fsp3) is 0.235. The summed E-state index contributed by atoms with van der Waals surface area (Å²) in [5, 5.41) is 13.6. The number of halogens is 2. The quantitative estimate of drug-likeness (QED) is 0.823. The summed E-state index contributed by atoms with van der Waals surface area (Å²) in [6.45, 7) is 3.64. The zero-order valence-corrected chi connectivity index (χ0v) is 13.3. The molecular formula is C17H16Cl2N2. The van der Waals surface area contributed by atoms with E-state index in [1.807, 2.05) is 37.3 Å². The van der Waals surface area contributed by atoms with Gasteiger partial charge in [0.1, 0.15) is 0 Å². The molecule has 0 aliphatic rings. The molecule has 0 radical (unpaired) electrons. The van der Waals surface area contributed by atoms with E-state index in [0.29, 0.717) is 15.6 Å². The van der Waals surface area contributed by atoms with Gasteiger partial charge in [-0.3, -0.25) is 0 Å². The van der Waals surface area contributed by atoms with Crippen LogP contribution in [0.5, 0.6) is 0 Å². The van der Waals surface area contributed by atoms with Crippen LogP contribution in [-0.2, 0) is 13.0 Å². The van der Waals surface area contributed by atoms with Crippen LogP contribution in [-0.4, -0.2) is 6.54 Å². The lowest BCUT2D eigenvalue weighted by atomic mass is 10.1. The summed E-state index contributed by atoms with van der Waals surface area (Å²) in [4.78, 5) is 0. The third-order valence-electron chi connectivity index (χ3n) is 3.37. The first-order chi connectivity index (χ1) is 10.1. The Balaban J connectivity index is 1.86. The summed E-state index contributed by atoms with van der Waals surface area (Å²) in [5.41, 5.74) is 4.12. The molecule has 0 aliphatic carbocycles. The lowest BCUT2D eigenvalue weighted by Gasteiger charge is -2.09. The van der Waals surface area contributed by atoms with E-state index in [2.05, 4.69) is 11.4 Å². The van der Waals surface area contributed by atoms with E-state index in [4.69, 9.17) is 28.5 Å². The lowest BCUT2D eigenvalue weighted by Crippen LogP contribution is -2.17. The zero-order valence-electron chi connectivity index (χ0n) is 11.8. The van der Waals surface area contributed by atoms with E-state index in [1.54, 1.807) is 6.07 Å². The molecule has 0 heterocycles. The van der Waals surface area contributed by atoms with Crippen LogP contribution in [0.3, 0.4) is 0 Å². The van der Waals surface area contributed by atoms with Gasteiger partial charge in [0.2, 0.25) is 0 Å². The van der Waals surface area contributed by atoms with Gasteiger partial charge >= 0.3 is 0 Å². The molecule has 1 N–H and O–H groups in total. The number of aryl methyl sites for hydroxylation is 1. The minimum Gasteiger partial charge on any atom is -0.312 e. The highest BCUT2D eigenvalue weighted by Gasteiger charge is 2.02. The van der Waals surface area contributed by atoms with Gasteiger partial charge in [0, 0.05) is 16.6 Å². The summed E-state index contributed by atoms with van der Waals surface area (Å²) in [5.74, 6) is 0. The van der Waals surface area contributed by atoms with E-state index < -0.39 is 0 Å². The van der Waals surface area contributed by atoms with E-state index in [-0.39, 0.29) is 0 Å². The van der Waals surface area contributed by atoms with Crippen molar-refractivity contribution in [3.8, 4) is 6.07 Å². The molecule has 0 fully saturated rings. The molecule has 2 rings (SSSR count). The maximum atomic E-state index is 8.85. The Morgan fingerprint density at radius 2 is 1.86 bits per heavy atom. The van der Waals surface area contributed by atoms with Crippen LogP contribution < -0.4 is 5.32 Å². The van der Waals surface area contributed by atoms with Gasteiger partial charge in [0.25, 0.3) is 0 Å². The first kappa shape index (κ1) is 15.9. The fourth-order valence-corrected chi connectivity index (χ4v) is 2.64. The predicted octanol–water partition coefficient (Wildman–Crippen LogP) is 4.51. The van der Waals surface area contributed by atoms with Crippen molar-refractivity contribution in [3.05, 3.63) is 68.7 Å². The van der Waals surface area contributed by atoms with Crippen LogP contribution >= 0.6 is 23.2 Å². The van der Waals surface area contributed by atoms with Crippen molar-refractivity contribution in [2.75, 3.05) is 6.54 Å². The Bertz CT molecular complexity index is 675. The number of hydrogen-bond acceptors (Lipinski definition) is 2. The molecule has 0 unspecified atom stereocenters. The molecule has 2 aromatic carbocycles. The first-order valence-electron chi connectivity index (χ1n) is 6.74. The SMILES string of the molecule is Cc1cc(C#N)ccc1CNCCc1ccc(Cl)cc1Cl. The highest BCUT2D eigenvalue weighted by Crippen LogP contribution is 2.21. The van der Waals surface area contributed by atoms with Gasteiger partial charge in [-0.05, 0) is 60.8 Å². The molecule has 108 valence electrons. The summed E-state index contributed by atoms with van der Waals surface area (Å²) in [6.07, 6.45) is 0.853. The summed E-state index contributed by atoms with van der Waals surface area (Å²) < 4.78 is 0. The number of nitrogens with one attached hydrogen (secondary N) is 1. The maximum absolute atomic E-state index is 8.85. The van der Waals surface area contributed by atoms with E-state index in [0.717, 1.165) is 30.6 Å². The molecule has 0 saturated carbocycles. The van der Waals surface area contributed by atoms with Crippen LogP contribution in [0.1, 0.15) is 22.3 Å². The van der Waals surface area contributed by atoms with Crippen molar-refractivity contribution in [2.45, 2.75) is 19.9 Å². The average Bonchev–Trinajstić information content (AvgIpc) is 2.46. The van der Waals surface area contributed by atoms with Crippen molar-refractivity contribution >= 4 is 23.2 Å². The minimum atomic E-state index is 0.657. The molecule has 21 heavy (non-hydrogen) atoms. The monoisotopic (exact) mass is 318 g/mol. The number of hydrogen-bond donors (Lipinski definition) is 1. The highest BCUT2D eigenvalue weighted by molar-refractivity contribution is 6.35. The van der Waals surface area contributed by atoms with Gasteiger partial charge in [0.15, 0.2) is 0 Å². The maximum Gasteiger partial charge on any atom is 0.0991 e. The van der Waals surface area contributed by atoms with Crippen LogP contribution in [0.4, 0.5) is 0 Å². The zero-order chi connectivity index (χ0) is 15.2. The molecule has 0 atom stereocenters. The molecule has 0 amide bonds. The van der Waals surface area contributed by atoms with Gasteiger partial charge in [-0.15, -0.1) is 0 Å². The van der Waals surface area contributed by atoms with E-state index in [9.17, 15) is 0 Å². The summed E-state index contributed by atoms with van der Waals surface area (Å²) in [7, 11) is 0. The molecule has 0 aliphatic heterocycles. The highest BCUT2D eigenvalue weighted by atomic mass is 35.5. The topological polar surface area (TPSA) is 35.8 Å². The molecule has 0 spiro atoms. The van der Waals surface area contributed by atoms with Crippen molar-refractivity contribution in [3.63, 3.8) is 0 Å². The molecule has 4 heteroatoms. The third kappa shape index (κ3) is 4.47. The van der Waals surface area contributed by atoms with Gasteiger partial charge in [-0.2, -0.15) is 5.26 Å². The Morgan fingerprint density at radius 3 is 2.52 bits per heavy atom. The average molecular weight is 319 g/mol. The standard InChI is InChI=1S/C17H16Cl2N2/c1-12-8-13(10-20)2-3-15(12)11-21-7-6-14-4-5-16(18)9-17(14)19/h2-5,8-9,21H,6-7,11H2,1H3. The smallest absolute Gasteiger partial charge is 0.0991 e. The second kappa shape index (κ2) is 7.47. The van der Waals surface area contributed by atoms with Gasteiger partial charge in [-0.25, -0.2) is 0 Å². The van der Waals surface area contributed by atoms with Crippen LogP contribution in [0.25, 0.3) is 0 Å². The lowest BCUT2D eigenvalue weighted by molar-refractivity contribution is 0.684. The Morgan fingerprint density at radius 1 is 1.10 bits per heavy atom. The van der Waals surface area contributed by atoms with E-state index >= 15 is 0 Å². The molecule has 2 aromatic rings. The molecule has 0 saturated heterocycles. The van der Waals surface area contributed by atoms with Crippen LogP contribution in [0.15, 0.2) is 36.4 Å². The molecular weight excluding hydrogens is 303 g/mol. The first-order valence-corrected chi connectivity index (χ1v) is 7.50. The van der Waals surface area contributed by atoms with E-state index in [1.165, 1.54) is 5.56 Å². The molecule has 2 nitrogen and oxygen atoms in total. The normalized spacial score (nSPS) is 10.4. The van der Waals surface area contributed by atoms with Gasteiger partial charge in [-0.1, -0.05) is 35.3 Å². The van der Waals surface area contributed by atoms with Crippen LogP contribution in [0.2, 0.25) is 10.0 Å². The number of rotatable bonds is 5. The van der Waals surface area contributed by atoms with Gasteiger partial charge < -0.3 is 5.32 Å². The largest absolute Gasteiger partial charge is 0.312 e. The second-order valence-corrected chi connectivity index (χ2v) is 5.76. The van der Waals surface area contributed by atoms with Gasteiger partial charge in [0.05, 0.1) is 11.6 Å². The molecule has 0 aromatic heterocycles. The predicted molar refractivity (Wildman–Crippen MR) is 87.8 cm³/mol. The van der Waals surface area contributed by atoms with Crippen molar-refractivity contribution < 1.29 is 0 Å². The Labute approximate surface area is 135 Å². The third-order valence-corrected chi connectivity index (χ3v) is 3.96. The summed E-state index contributed by atoms with van der Waals surface area (Å²) in [6, 6.07) is 13.5. The minimum absolute atomic E-state index is 0.657. The van der Waals surface area contributed by atoms with Crippen molar-refractivity contribution in [1.82, 2.24) is 5.32 Å².